The molecule has 98 valence electrons. The minimum Gasteiger partial charge on any atom is -0.206 e. The lowest BCUT2D eigenvalue weighted by molar-refractivity contribution is 0.584. The zero-order valence-electron chi connectivity index (χ0n) is 9.24. The van der Waals surface area contributed by atoms with E-state index in [9.17, 15) is 8.42 Å². The van der Waals surface area contributed by atoms with Crippen molar-refractivity contribution < 1.29 is 8.42 Å². The zero-order chi connectivity index (χ0) is 13.3. The zero-order valence-corrected chi connectivity index (χ0v) is 14.0. The second kappa shape index (κ2) is 5.60. The van der Waals surface area contributed by atoms with E-state index in [2.05, 4.69) is 20.7 Å². The van der Waals surface area contributed by atoms with Crippen molar-refractivity contribution in [2.75, 3.05) is 0 Å². The average molecular weight is 387 g/mol. The van der Waals surface area contributed by atoms with Crippen molar-refractivity contribution in [3.8, 4) is 0 Å². The minimum atomic E-state index is -3.48. The van der Waals surface area contributed by atoms with Crippen molar-refractivity contribution in [3.05, 3.63) is 36.8 Å². The normalized spacial score (nSPS) is 11.9. The molecule has 0 saturated carbocycles. The third kappa shape index (κ3) is 3.15. The third-order valence-electron chi connectivity index (χ3n) is 2.21. The van der Waals surface area contributed by atoms with Gasteiger partial charge < -0.3 is 0 Å². The van der Waals surface area contributed by atoms with Gasteiger partial charge >= 0.3 is 0 Å². The molecule has 0 spiro atoms. The number of halogens is 2. The maximum absolute atomic E-state index is 12.0. The molecule has 2 rings (SSSR count). The highest BCUT2D eigenvalue weighted by molar-refractivity contribution is 9.10. The Morgan fingerprint density at radius 3 is 2.72 bits per heavy atom. The van der Waals surface area contributed by atoms with E-state index in [4.69, 9.17) is 11.6 Å². The van der Waals surface area contributed by atoms with Crippen LogP contribution in [-0.2, 0) is 16.6 Å². The van der Waals surface area contributed by atoms with Crippen molar-refractivity contribution >= 4 is 60.2 Å². The van der Waals surface area contributed by atoms with Crippen molar-refractivity contribution in [1.29, 1.82) is 0 Å². The molecule has 2 aromatic heterocycles. The van der Waals surface area contributed by atoms with Crippen LogP contribution < -0.4 is 4.72 Å². The third-order valence-corrected chi connectivity index (χ3v) is 7.57. The first-order chi connectivity index (χ1) is 8.40. The topological polar surface area (TPSA) is 46.2 Å². The first kappa shape index (κ1) is 14.5. The summed E-state index contributed by atoms with van der Waals surface area (Å²) in [4.78, 5) is 0.943. The fourth-order valence-corrected chi connectivity index (χ4v) is 5.52. The number of hydrogen-bond acceptors (Lipinski definition) is 4. The van der Waals surface area contributed by atoms with Gasteiger partial charge in [0.2, 0.25) is 10.0 Å². The molecule has 18 heavy (non-hydrogen) atoms. The summed E-state index contributed by atoms with van der Waals surface area (Å²) < 4.78 is 28.3. The molecule has 2 heterocycles. The van der Waals surface area contributed by atoms with Crippen LogP contribution in [0.4, 0.5) is 0 Å². The van der Waals surface area contributed by atoms with Crippen LogP contribution in [0.2, 0.25) is 4.34 Å². The van der Waals surface area contributed by atoms with E-state index in [-0.39, 0.29) is 10.8 Å². The highest BCUT2D eigenvalue weighted by Gasteiger charge is 2.18. The minimum absolute atomic E-state index is 0.248. The number of aryl methyl sites for hydroxylation is 1. The summed E-state index contributed by atoms with van der Waals surface area (Å²) in [6.45, 7) is 2.06. The molecule has 1 N–H and O–H groups in total. The van der Waals surface area contributed by atoms with Gasteiger partial charge in [-0.3, -0.25) is 0 Å². The molecule has 0 unspecified atom stereocenters. The predicted molar refractivity (Wildman–Crippen MR) is 80.1 cm³/mol. The maximum Gasteiger partial charge on any atom is 0.250 e. The molecule has 3 nitrogen and oxygen atoms in total. The Hall–Kier alpha value is 0.0800. The predicted octanol–water partition coefficient (Wildman–Crippen LogP) is 4.01. The van der Waals surface area contributed by atoms with Crippen LogP contribution in [0.3, 0.4) is 0 Å². The lowest BCUT2D eigenvalue weighted by atomic mass is 10.4. The van der Waals surface area contributed by atoms with Crippen molar-refractivity contribution in [2.24, 2.45) is 0 Å². The van der Waals surface area contributed by atoms with Crippen LogP contribution in [0.1, 0.15) is 10.4 Å². The van der Waals surface area contributed by atoms with Gasteiger partial charge in [0, 0.05) is 15.9 Å². The molecule has 0 saturated heterocycles. The summed E-state index contributed by atoms with van der Waals surface area (Å²) in [6.07, 6.45) is 0. The van der Waals surface area contributed by atoms with Gasteiger partial charge in [-0.1, -0.05) is 11.6 Å². The Morgan fingerprint density at radius 1 is 1.50 bits per heavy atom. The smallest absolute Gasteiger partial charge is 0.206 e. The van der Waals surface area contributed by atoms with E-state index in [1.54, 1.807) is 13.0 Å². The highest BCUT2D eigenvalue weighted by Crippen LogP contribution is 2.30. The first-order valence-electron chi connectivity index (χ1n) is 4.87. The van der Waals surface area contributed by atoms with E-state index in [1.165, 1.54) is 11.3 Å². The van der Waals surface area contributed by atoms with Crippen molar-refractivity contribution in [2.45, 2.75) is 17.7 Å². The van der Waals surface area contributed by atoms with Gasteiger partial charge in [0.1, 0.15) is 4.21 Å². The van der Waals surface area contributed by atoms with Crippen molar-refractivity contribution in [1.82, 2.24) is 4.72 Å². The number of sulfonamides is 1. The molecular weight excluding hydrogens is 378 g/mol. The van der Waals surface area contributed by atoms with E-state index in [0.717, 1.165) is 26.3 Å². The molecule has 0 radical (unpaired) electrons. The van der Waals surface area contributed by atoms with E-state index in [0.29, 0.717) is 4.34 Å². The second-order valence-corrected chi connectivity index (χ2v) is 9.04. The van der Waals surface area contributed by atoms with E-state index >= 15 is 0 Å². The Morgan fingerprint density at radius 2 is 2.22 bits per heavy atom. The highest BCUT2D eigenvalue weighted by atomic mass is 79.9. The molecule has 0 atom stereocenters. The summed E-state index contributed by atoms with van der Waals surface area (Å²) in [7, 11) is -3.48. The SMILES string of the molecule is Cc1cc(S(=O)(=O)NCc2sccc2Br)sc1Cl. The van der Waals surface area contributed by atoms with Crippen LogP contribution in [-0.4, -0.2) is 8.42 Å². The monoisotopic (exact) mass is 385 g/mol. The standard InChI is InChI=1S/C10H9BrClNO2S3/c1-6-4-9(17-10(6)12)18(14,15)13-5-8-7(11)2-3-16-8/h2-4,13H,5H2,1H3. The van der Waals surface area contributed by atoms with Crippen LogP contribution in [0.5, 0.6) is 0 Å². The summed E-state index contributed by atoms with van der Waals surface area (Å²) in [6, 6.07) is 3.47. The molecule has 0 amide bonds. The van der Waals surface area contributed by atoms with Crippen LogP contribution in [0.15, 0.2) is 26.2 Å². The molecule has 0 fully saturated rings. The molecule has 8 heteroatoms. The molecule has 0 aliphatic carbocycles. The molecule has 0 aromatic carbocycles. The quantitative estimate of drug-likeness (QED) is 0.863. The summed E-state index contributed by atoms with van der Waals surface area (Å²) in [5, 5.41) is 1.90. The summed E-state index contributed by atoms with van der Waals surface area (Å²) in [5.41, 5.74) is 0.777. The lowest BCUT2D eigenvalue weighted by Crippen LogP contribution is -2.22. The molecule has 0 aliphatic rings. The van der Waals surface area contributed by atoms with Gasteiger partial charge in [-0.2, -0.15) is 0 Å². The Balaban J connectivity index is 2.15. The summed E-state index contributed by atoms with van der Waals surface area (Å²) >= 11 is 11.8. The largest absolute Gasteiger partial charge is 0.250 e. The Labute approximate surface area is 127 Å². The molecular formula is C10H9BrClNO2S3. The van der Waals surface area contributed by atoms with Gasteiger partial charge in [-0.05, 0) is 45.9 Å². The molecule has 0 bridgehead atoms. The Bertz CT molecular complexity index is 643. The number of nitrogens with one attached hydrogen (secondary N) is 1. The van der Waals surface area contributed by atoms with Gasteiger partial charge in [0.25, 0.3) is 0 Å². The summed E-state index contributed by atoms with van der Waals surface area (Å²) in [5.74, 6) is 0. The van der Waals surface area contributed by atoms with E-state index < -0.39 is 10.0 Å². The molecule has 0 aliphatic heterocycles. The Kier molecular flexibility index (Phi) is 4.51. The van der Waals surface area contributed by atoms with Crippen LogP contribution >= 0.6 is 50.2 Å². The first-order valence-corrected chi connectivity index (χ1v) is 9.22. The second-order valence-electron chi connectivity index (χ2n) is 3.54. The number of hydrogen-bond donors (Lipinski definition) is 1. The fraction of sp³-hybridized carbons (Fsp3) is 0.200. The van der Waals surface area contributed by atoms with Crippen LogP contribution in [0, 0.1) is 6.92 Å². The lowest BCUT2D eigenvalue weighted by Gasteiger charge is -2.03. The van der Waals surface area contributed by atoms with Crippen LogP contribution in [0.25, 0.3) is 0 Å². The van der Waals surface area contributed by atoms with Gasteiger partial charge in [-0.25, -0.2) is 13.1 Å². The van der Waals surface area contributed by atoms with E-state index in [1.807, 2.05) is 11.4 Å². The van der Waals surface area contributed by atoms with Crippen molar-refractivity contribution in [3.63, 3.8) is 0 Å². The fourth-order valence-electron chi connectivity index (χ4n) is 1.25. The van der Waals surface area contributed by atoms with Gasteiger partial charge in [0.15, 0.2) is 0 Å². The maximum atomic E-state index is 12.0. The molecule has 2 aromatic rings. The van der Waals surface area contributed by atoms with Gasteiger partial charge in [-0.15, -0.1) is 22.7 Å². The number of rotatable bonds is 4. The van der Waals surface area contributed by atoms with Gasteiger partial charge in [0.05, 0.1) is 4.34 Å². The number of thiophene rings is 2. The average Bonchev–Trinajstić information content (AvgIpc) is 2.84.